The first-order chi connectivity index (χ1) is 16.0. The molecule has 3 amide bonds. The van der Waals surface area contributed by atoms with Crippen LogP contribution in [0.2, 0.25) is 5.02 Å². The van der Waals surface area contributed by atoms with Gasteiger partial charge < -0.3 is 10.6 Å². The molecule has 0 aliphatic carbocycles. The molecule has 0 saturated heterocycles. The van der Waals surface area contributed by atoms with E-state index in [2.05, 4.69) is 15.6 Å². The van der Waals surface area contributed by atoms with Crippen LogP contribution in [0.25, 0.3) is 0 Å². The SMILES string of the molecule is C[C@@H]([C@@H](CCCc1ccc(Cl)cc1)C(=O)N[C@H](C(=O)Nc1cccnc1)C(C)(C)C)N(O)C=O. The largest absolute Gasteiger partial charge is 0.343 e. The van der Waals surface area contributed by atoms with Crippen LogP contribution in [0.3, 0.4) is 0 Å². The molecule has 1 heterocycles. The first-order valence-corrected chi connectivity index (χ1v) is 11.6. The molecule has 34 heavy (non-hydrogen) atoms. The first-order valence-electron chi connectivity index (χ1n) is 11.2. The molecule has 0 unspecified atom stereocenters. The summed E-state index contributed by atoms with van der Waals surface area (Å²) in [6.07, 6.45) is 5.14. The summed E-state index contributed by atoms with van der Waals surface area (Å²) in [6.45, 7) is 7.15. The van der Waals surface area contributed by atoms with Gasteiger partial charge in [-0.15, -0.1) is 0 Å². The van der Waals surface area contributed by atoms with Crippen LogP contribution in [-0.4, -0.2) is 45.6 Å². The topological polar surface area (TPSA) is 112 Å². The van der Waals surface area contributed by atoms with Crippen molar-refractivity contribution in [2.24, 2.45) is 11.3 Å². The summed E-state index contributed by atoms with van der Waals surface area (Å²) in [5.41, 5.74) is 0.991. The average Bonchev–Trinajstić information content (AvgIpc) is 2.80. The lowest BCUT2D eigenvalue weighted by molar-refractivity contribution is -0.166. The van der Waals surface area contributed by atoms with Gasteiger partial charge in [0, 0.05) is 11.2 Å². The minimum Gasteiger partial charge on any atom is -0.343 e. The first kappa shape index (κ1) is 27.3. The molecule has 2 aromatic rings. The number of nitrogens with one attached hydrogen (secondary N) is 2. The van der Waals surface area contributed by atoms with E-state index in [0.29, 0.717) is 35.0 Å². The maximum Gasteiger partial charge on any atom is 0.247 e. The minimum absolute atomic E-state index is 0.278. The van der Waals surface area contributed by atoms with Gasteiger partial charge in [-0.2, -0.15) is 0 Å². The molecule has 1 aromatic carbocycles. The van der Waals surface area contributed by atoms with Crippen LogP contribution >= 0.6 is 11.6 Å². The van der Waals surface area contributed by atoms with E-state index < -0.39 is 29.3 Å². The fourth-order valence-corrected chi connectivity index (χ4v) is 3.75. The second-order valence-corrected chi connectivity index (χ2v) is 9.83. The van der Waals surface area contributed by atoms with Crippen molar-refractivity contribution in [3.63, 3.8) is 0 Å². The highest BCUT2D eigenvalue weighted by atomic mass is 35.5. The van der Waals surface area contributed by atoms with Crippen molar-refractivity contribution in [3.8, 4) is 0 Å². The summed E-state index contributed by atoms with van der Waals surface area (Å²) in [6, 6.07) is 9.24. The predicted molar refractivity (Wildman–Crippen MR) is 131 cm³/mol. The van der Waals surface area contributed by atoms with Crippen LogP contribution in [-0.2, 0) is 20.8 Å². The third kappa shape index (κ3) is 8.11. The van der Waals surface area contributed by atoms with E-state index in [1.807, 2.05) is 32.9 Å². The second kappa shape index (κ2) is 12.5. The maximum atomic E-state index is 13.3. The molecule has 0 aliphatic rings. The van der Waals surface area contributed by atoms with Gasteiger partial charge in [-0.3, -0.25) is 24.6 Å². The molecule has 0 radical (unpaired) electrons. The van der Waals surface area contributed by atoms with Crippen molar-refractivity contribution in [1.29, 1.82) is 0 Å². The smallest absolute Gasteiger partial charge is 0.247 e. The van der Waals surface area contributed by atoms with E-state index in [9.17, 15) is 19.6 Å². The highest BCUT2D eigenvalue weighted by molar-refractivity contribution is 6.30. The van der Waals surface area contributed by atoms with Crippen molar-refractivity contribution < 1.29 is 19.6 Å². The number of halogens is 1. The molecule has 2 rings (SSSR count). The Morgan fingerprint density at radius 2 is 1.85 bits per heavy atom. The molecular formula is C25H33ClN4O4. The van der Waals surface area contributed by atoms with Crippen LogP contribution in [0.15, 0.2) is 48.8 Å². The highest BCUT2D eigenvalue weighted by Crippen LogP contribution is 2.24. The number of anilines is 1. The number of aromatic nitrogens is 1. The number of pyridine rings is 1. The Morgan fingerprint density at radius 1 is 1.18 bits per heavy atom. The van der Waals surface area contributed by atoms with Crippen molar-refractivity contribution in [1.82, 2.24) is 15.4 Å². The molecule has 0 bridgehead atoms. The van der Waals surface area contributed by atoms with Gasteiger partial charge in [-0.05, 0) is 61.4 Å². The monoisotopic (exact) mass is 488 g/mol. The van der Waals surface area contributed by atoms with Crippen LogP contribution in [0.1, 0.15) is 46.1 Å². The van der Waals surface area contributed by atoms with E-state index in [1.54, 1.807) is 37.4 Å². The number of aryl methyl sites for hydroxylation is 1. The standard InChI is InChI=1S/C25H33ClN4O4/c1-17(30(34)16-31)21(9-5-7-18-10-12-19(26)13-11-18)23(32)29-22(25(2,3)4)24(33)28-20-8-6-14-27-15-20/h6,8,10-17,21-22,34H,5,7,9H2,1-4H3,(H,28,33)(H,29,32)/t17-,21+,22+/m0/s1. The Labute approximate surface area is 205 Å². The molecule has 184 valence electrons. The molecule has 1 aromatic heterocycles. The van der Waals surface area contributed by atoms with Crippen molar-refractivity contribution >= 4 is 35.5 Å². The molecular weight excluding hydrogens is 456 g/mol. The highest BCUT2D eigenvalue weighted by Gasteiger charge is 2.36. The summed E-state index contributed by atoms with van der Waals surface area (Å²) >= 11 is 5.94. The molecule has 3 atom stereocenters. The molecule has 9 heteroatoms. The summed E-state index contributed by atoms with van der Waals surface area (Å²) < 4.78 is 0. The van der Waals surface area contributed by atoms with Gasteiger partial charge in [0.05, 0.1) is 23.8 Å². The minimum atomic E-state index is -0.852. The van der Waals surface area contributed by atoms with Gasteiger partial charge in [0.15, 0.2) is 0 Å². The van der Waals surface area contributed by atoms with Crippen LogP contribution in [0.5, 0.6) is 0 Å². The number of rotatable bonds is 11. The molecule has 0 saturated carbocycles. The number of benzene rings is 1. The van der Waals surface area contributed by atoms with E-state index in [1.165, 1.54) is 6.20 Å². The zero-order valence-corrected chi connectivity index (χ0v) is 20.7. The Balaban J connectivity index is 2.14. The second-order valence-electron chi connectivity index (χ2n) is 9.39. The Kier molecular flexibility index (Phi) is 10.0. The lowest BCUT2D eigenvalue weighted by Gasteiger charge is -2.33. The van der Waals surface area contributed by atoms with E-state index in [4.69, 9.17) is 11.6 Å². The fourth-order valence-electron chi connectivity index (χ4n) is 3.62. The molecule has 0 spiro atoms. The normalized spacial score (nSPS) is 13.9. The lowest BCUT2D eigenvalue weighted by Crippen LogP contribution is -2.55. The van der Waals surface area contributed by atoms with Gasteiger partial charge in [-0.25, -0.2) is 5.06 Å². The average molecular weight is 489 g/mol. The number of carbonyl (C=O) groups is 3. The summed E-state index contributed by atoms with van der Waals surface area (Å²) in [4.78, 5) is 41.5. The Morgan fingerprint density at radius 3 is 2.41 bits per heavy atom. The van der Waals surface area contributed by atoms with Crippen LogP contribution in [0.4, 0.5) is 5.69 Å². The van der Waals surface area contributed by atoms with E-state index in [-0.39, 0.29) is 12.3 Å². The molecule has 0 fully saturated rings. The zero-order valence-electron chi connectivity index (χ0n) is 20.0. The van der Waals surface area contributed by atoms with Gasteiger partial charge in [0.25, 0.3) is 0 Å². The number of hydrogen-bond acceptors (Lipinski definition) is 5. The zero-order chi connectivity index (χ0) is 25.3. The number of carbonyl (C=O) groups excluding carboxylic acids is 3. The van der Waals surface area contributed by atoms with Crippen molar-refractivity contribution in [2.75, 3.05) is 5.32 Å². The quantitative estimate of drug-likeness (QED) is 0.250. The molecule has 8 nitrogen and oxygen atoms in total. The molecule has 0 aliphatic heterocycles. The summed E-state index contributed by atoms with van der Waals surface area (Å²) in [7, 11) is 0. The van der Waals surface area contributed by atoms with Crippen LogP contribution < -0.4 is 10.6 Å². The number of nitrogens with zero attached hydrogens (tertiary/aromatic N) is 2. The van der Waals surface area contributed by atoms with E-state index in [0.717, 1.165) is 5.56 Å². The van der Waals surface area contributed by atoms with Gasteiger partial charge in [-0.1, -0.05) is 44.5 Å². The molecule has 3 N–H and O–H groups in total. The van der Waals surface area contributed by atoms with E-state index >= 15 is 0 Å². The lowest BCUT2D eigenvalue weighted by atomic mass is 9.84. The number of hydroxylamine groups is 2. The van der Waals surface area contributed by atoms with Gasteiger partial charge >= 0.3 is 0 Å². The third-order valence-electron chi connectivity index (χ3n) is 5.68. The Bertz CT molecular complexity index is 948. The van der Waals surface area contributed by atoms with Crippen LogP contribution in [0, 0.1) is 11.3 Å². The summed E-state index contributed by atoms with van der Waals surface area (Å²) in [5.74, 6) is -1.51. The fraction of sp³-hybridized carbons (Fsp3) is 0.440. The Hall–Kier alpha value is -2.97. The predicted octanol–water partition coefficient (Wildman–Crippen LogP) is 4.08. The van der Waals surface area contributed by atoms with Crippen molar-refractivity contribution in [2.45, 2.75) is 59.0 Å². The summed E-state index contributed by atoms with van der Waals surface area (Å²) in [5, 5.41) is 16.7. The number of amides is 3. The van der Waals surface area contributed by atoms with Gasteiger partial charge in [0.1, 0.15) is 6.04 Å². The van der Waals surface area contributed by atoms with Gasteiger partial charge in [0.2, 0.25) is 18.2 Å². The van der Waals surface area contributed by atoms with Crippen molar-refractivity contribution in [3.05, 3.63) is 59.4 Å². The number of hydrogen-bond donors (Lipinski definition) is 3. The third-order valence-corrected chi connectivity index (χ3v) is 5.93. The maximum absolute atomic E-state index is 13.3.